The Kier molecular flexibility index (Phi) is 6.53. The average molecular weight is 366 g/mol. The Balaban J connectivity index is 0.00000104. The molecule has 4 rings (SSSR count). The van der Waals surface area contributed by atoms with Gasteiger partial charge >= 0.3 is 0 Å². The smallest absolute Gasteiger partial charge is 0.0476 e. The number of piperazine rings is 1. The summed E-state index contributed by atoms with van der Waals surface area (Å²) < 4.78 is 0. The van der Waals surface area contributed by atoms with Crippen molar-refractivity contribution in [3.05, 3.63) is 65.2 Å². The molecule has 0 unspecified atom stereocenters. The number of nitrogens with zero attached hydrogens (tertiary/aromatic N) is 1. The molecule has 0 spiro atoms. The van der Waals surface area contributed by atoms with Crippen molar-refractivity contribution >= 4 is 30.5 Å². The molecule has 0 bridgehead atoms. The lowest BCUT2D eigenvalue weighted by atomic mass is 9.81. The highest BCUT2D eigenvalue weighted by molar-refractivity contribution is 5.85. The molecule has 2 aromatic rings. The van der Waals surface area contributed by atoms with Gasteiger partial charge < -0.3 is 10.6 Å². The number of nitrogens with one attached hydrogen (secondary N) is 2. The minimum atomic E-state index is 0. The van der Waals surface area contributed by atoms with Gasteiger partial charge in [-0.25, -0.2) is 0 Å². The van der Waals surface area contributed by atoms with Crippen LogP contribution in [0.15, 0.2) is 48.5 Å². The van der Waals surface area contributed by atoms with Crippen LogP contribution in [0.25, 0.3) is 0 Å². The minimum Gasteiger partial charge on any atom is -0.388 e. The van der Waals surface area contributed by atoms with Crippen LogP contribution in [0.5, 0.6) is 0 Å². The van der Waals surface area contributed by atoms with Crippen molar-refractivity contribution in [3.63, 3.8) is 0 Å². The SMILES string of the molecule is CNc1ccc([C@@H]2CN3CCNC[C@@H]3c3ccccc32)cc1.Cl.Cl. The molecule has 0 amide bonds. The van der Waals surface area contributed by atoms with Crippen molar-refractivity contribution in [2.24, 2.45) is 0 Å². The maximum absolute atomic E-state index is 3.54. The zero-order valence-electron chi connectivity index (χ0n) is 13.9. The lowest BCUT2D eigenvalue weighted by Crippen LogP contribution is -2.50. The molecule has 1 saturated heterocycles. The maximum atomic E-state index is 3.54. The molecule has 0 saturated carbocycles. The first-order valence-electron chi connectivity index (χ1n) is 8.18. The molecule has 0 radical (unpaired) electrons. The third kappa shape index (κ3) is 3.40. The molecule has 2 aliphatic rings. The van der Waals surface area contributed by atoms with Crippen molar-refractivity contribution in [3.8, 4) is 0 Å². The van der Waals surface area contributed by atoms with Gasteiger partial charge in [-0.2, -0.15) is 0 Å². The summed E-state index contributed by atoms with van der Waals surface area (Å²) in [5.41, 5.74) is 5.60. The Morgan fingerprint density at radius 1 is 1.00 bits per heavy atom. The van der Waals surface area contributed by atoms with E-state index in [1.54, 1.807) is 0 Å². The van der Waals surface area contributed by atoms with Crippen LogP contribution in [0, 0.1) is 0 Å². The third-order valence-electron chi connectivity index (χ3n) is 5.10. The van der Waals surface area contributed by atoms with Crippen LogP contribution < -0.4 is 10.6 Å². The first-order chi connectivity index (χ1) is 10.9. The van der Waals surface area contributed by atoms with Crippen LogP contribution in [0.2, 0.25) is 0 Å². The van der Waals surface area contributed by atoms with E-state index in [9.17, 15) is 0 Å². The second-order valence-corrected chi connectivity index (χ2v) is 6.27. The molecular formula is C19H25Cl2N3. The Morgan fingerprint density at radius 2 is 1.71 bits per heavy atom. The van der Waals surface area contributed by atoms with E-state index >= 15 is 0 Å². The van der Waals surface area contributed by atoms with Gasteiger partial charge in [0.15, 0.2) is 0 Å². The van der Waals surface area contributed by atoms with Gasteiger partial charge in [-0.1, -0.05) is 36.4 Å². The van der Waals surface area contributed by atoms with E-state index < -0.39 is 0 Å². The zero-order valence-corrected chi connectivity index (χ0v) is 15.5. The topological polar surface area (TPSA) is 27.3 Å². The van der Waals surface area contributed by atoms with Gasteiger partial charge in [-0.3, -0.25) is 4.90 Å². The van der Waals surface area contributed by atoms with E-state index in [0.717, 1.165) is 26.2 Å². The largest absolute Gasteiger partial charge is 0.388 e. The van der Waals surface area contributed by atoms with Crippen LogP contribution >= 0.6 is 24.8 Å². The molecule has 0 aliphatic carbocycles. The number of halogens is 2. The van der Waals surface area contributed by atoms with E-state index in [4.69, 9.17) is 0 Å². The normalized spacial score (nSPS) is 22.4. The van der Waals surface area contributed by atoms with Gasteiger partial charge in [0.1, 0.15) is 0 Å². The van der Waals surface area contributed by atoms with E-state index in [1.165, 1.54) is 22.4 Å². The number of hydrogen-bond acceptors (Lipinski definition) is 3. The molecule has 2 aromatic carbocycles. The molecule has 2 heterocycles. The lowest BCUT2D eigenvalue weighted by molar-refractivity contribution is 0.143. The fourth-order valence-corrected chi connectivity index (χ4v) is 3.90. The third-order valence-corrected chi connectivity index (χ3v) is 5.10. The fourth-order valence-electron chi connectivity index (χ4n) is 3.90. The average Bonchev–Trinajstić information content (AvgIpc) is 2.61. The second kappa shape index (κ2) is 8.21. The van der Waals surface area contributed by atoms with Crippen LogP contribution in [0.3, 0.4) is 0 Å². The van der Waals surface area contributed by atoms with Crippen LogP contribution in [0.1, 0.15) is 28.7 Å². The molecule has 3 nitrogen and oxygen atoms in total. The van der Waals surface area contributed by atoms with Gasteiger partial charge in [0.25, 0.3) is 0 Å². The molecule has 1 fully saturated rings. The predicted octanol–water partition coefficient (Wildman–Crippen LogP) is 3.66. The van der Waals surface area contributed by atoms with Crippen molar-refractivity contribution in [2.75, 3.05) is 38.5 Å². The van der Waals surface area contributed by atoms with E-state index in [1.807, 2.05) is 7.05 Å². The molecule has 2 aliphatic heterocycles. The first-order valence-corrected chi connectivity index (χ1v) is 8.18. The van der Waals surface area contributed by atoms with Crippen molar-refractivity contribution in [1.29, 1.82) is 0 Å². The summed E-state index contributed by atoms with van der Waals surface area (Å²) in [5, 5.41) is 6.75. The van der Waals surface area contributed by atoms with Crippen LogP contribution in [0.4, 0.5) is 5.69 Å². The van der Waals surface area contributed by atoms with Gasteiger partial charge in [-0.15, -0.1) is 24.8 Å². The maximum Gasteiger partial charge on any atom is 0.0476 e. The van der Waals surface area contributed by atoms with Gasteiger partial charge in [0.05, 0.1) is 0 Å². The van der Waals surface area contributed by atoms with Crippen molar-refractivity contribution in [1.82, 2.24) is 10.2 Å². The molecule has 24 heavy (non-hydrogen) atoms. The van der Waals surface area contributed by atoms with Crippen molar-refractivity contribution in [2.45, 2.75) is 12.0 Å². The zero-order chi connectivity index (χ0) is 14.9. The second-order valence-electron chi connectivity index (χ2n) is 6.27. The number of benzene rings is 2. The molecule has 2 N–H and O–H groups in total. The molecule has 5 heteroatoms. The summed E-state index contributed by atoms with van der Waals surface area (Å²) in [6, 6.07) is 18.4. The quantitative estimate of drug-likeness (QED) is 0.850. The summed E-state index contributed by atoms with van der Waals surface area (Å²) in [6.07, 6.45) is 0. The highest BCUT2D eigenvalue weighted by Gasteiger charge is 2.34. The number of hydrogen-bond donors (Lipinski definition) is 2. The van der Waals surface area contributed by atoms with Crippen molar-refractivity contribution < 1.29 is 0 Å². The Morgan fingerprint density at radius 3 is 2.42 bits per heavy atom. The van der Waals surface area contributed by atoms with Gasteiger partial charge in [-0.05, 0) is 28.8 Å². The first kappa shape index (κ1) is 19.1. The summed E-state index contributed by atoms with van der Waals surface area (Å²) in [4.78, 5) is 2.65. The Hall–Kier alpha value is -1.26. The van der Waals surface area contributed by atoms with E-state index in [2.05, 4.69) is 64.1 Å². The Bertz CT molecular complexity index is 660. The number of rotatable bonds is 2. The summed E-state index contributed by atoms with van der Waals surface area (Å²) in [5.74, 6) is 0.483. The molecular weight excluding hydrogens is 341 g/mol. The molecule has 2 atom stereocenters. The molecule has 0 aromatic heterocycles. The van der Waals surface area contributed by atoms with Gasteiger partial charge in [0.2, 0.25) is 0 Å². The monoisotopic (exact) mass is 365 g/mol. The minimum absolute atomic E-state index is 0. The summed E-state index contributed by atoms with van der Waals surface area (Å²) >= 11 is 0. The Labute approximate surface area is 156 Å². The lowest BCUT2D eigenvalue weighted by Gasteiger charge is -2.44. The van der Waals surface area contributed by atoms with E-state index in [-0.39, 0.29) is 24.8 Å². The predicted molar refractivity (Wildman–Crippen MR) is 106 cm³/mol. The number of fused-ring (bicyclic) bond motifs is 3. The standard InChI is InChI=1S/C19H23N3.2ClH/c1-20-15-8-6-14(7-9-15)18-13-22-11-10-21-12-19(22)17-5-3-2-4-16(17)18;;/h2-9,18-21H,10-13H2,1H3;2*1H/t18-,19+;;/m0../s1. The molecule has 130 valence electrons. The highest BCUT2D eigenvalue weighted by Crippen LogP contribution is 2.39. The summed E-state index contributed by atoms with van der Waals surface area (Å²) in [7, 11) is 1.97. The van der Waals surface area contributed by atoms with Crippen LogP contribution in [-0.4, -0.2) is 38.1 Å². The highest BCUT2D eigenvalue weighted by atomic mass is 35.5. The number of anilines is 1. The van der Waals surface area contributed by atoms with Gasteiger partial charge in [0, 0.05) is 50.9 Å². The van der Waals surface area contributed by atoms with E-state index in [0.29, 0.717) is 12.0 Å². The summed E-state index contributed by atoms with van der Waals surface area (Å²) in [6.45, 7) is 4.44. The van der Waals surface area contributed by atoms with Crippen LogP contribution in [-0.2, 0) is 0 Å². The fraction of sp³-hybridized carbons (Fsp3) is 0.368.